The van der Waals surface area contributed by atoms with Crippen molar-refractivity contribution in [3.05, 3.63) is 29.7 Å². The number of rotatable bonds is 5. The number of aromatic nitrogens is 4. The van der Waals surface area contributed by atoms with E-state index in [0.717, 1.165) is 19.5 Å². The molecule has 2 rings (SSSR count). The van der Waals surface area contributed by atoms with Crippen LogP contribution in [0.4, 0.5) is 11.5 Å². The van der Waals surface area contributed by atoms with Crippen LogP contribution in [0.5, 0.6) is 0 Å². The molecule has 0 spiro atoms. The second-order valence-corrected chi connectivity index (χ2v) is 6.29. The van der Waals surface area contributed by atoms with Crippen LogP contribution in [0.15, 0.2) is 18.7 Å². The second-order valence-electron chi connectivity index (χ2n) is 5.93. The molecule has 0 saturated carbocycles. The maximum absolute atomic E-state index is 6.09. The van der Waals surface area contributed by atoms with Crippen LogP contribution >= 0.6 is 11.6 Å². The fraction of sp³-hybridized carbons (Fsp3) is 0.500. The van der Waals surface area contributed by atoms with E-state index in [4.69, 9.17) is 17.3 Å². The van der Waals surface area contributed by atoms with Crippen molar-refractivity contribution in [2.75, 3.05) is 17.6 Å². The largest absolute Gasteiger partial charge is 0.393 e. The van der Waals surface area contributed by atoms with Gasteiger partial charge in [-0.25, -0.2) is 15.0 Å². The Morgan fingerprint density at radius 3 is 2.71 bits per heavy atom. The number of nitrogen functional groups attached to an aromatic ring is 1. The van der Waals surface area contributed by atoms with Crippen molar-refractivity contribution in [3.63, 3.8) is 0 Å². The predicted molar refractivity (Wildman–Crippen MR) is 85.5 cm³/mol. The third kappa shape index (κ3) is 4.07. The Morgan fingerprint density at radius 1 is 1.33 bits per heavy atom. The van der Waals surface area contributed by atoms with E-state index >= 15 is 0 Å². The molecule has 0 atom stereocenters. The third-order valence-corrected chi connectivity index (χ3v) is 3.30. The van der Waals surface area contributed by atoms with Crippen molar-refractivity contribution in [1.82, 2.24) is 19.5 Å². The second kappa shape index (κ2) is 6.30. The molecule has 0 unspecified atom stereocenters. The summed E-state index contributed by atoms with van der Waals surface area (Å²) < 4.78 is 2.03. The van der Waals surface area contributed by atoms with Crippen molar-refractivity contribution in [2.45, 2.75) is 39.2 Å². The van der Waals surface area contributed by atoms with E-state index in [-0.39, 0.29) is 5.41 Å². The van der Waals surface area contributed by atoms with Gasteiger partial charge in [-0.2, -0.15) is 0 Å². The molecular formula is C14H21ClN6. The Balaban J connectivity index is 2.00. The molecule has 2 aromatic rings. The van der Waals surface area contributed by atoms with E-state index in [2.05, 4.69) is 20.3 Å². The minimum atomic E-state index is -0.176. The Morgan fingerprint density at radius 2 is 2.10 bits per heavy atom. The minimum absolute atomic E-state index is 0.176. The van der Waals surface area contributed by atoms with Crippen LogP contribution < -0.4 is 11.1 Å². The first-order valence-electron chi connectivity index (χ1n) is 6.91. The summed E-state index contributed by atoms with van der Waals surface area (Å²) in [5.74, 6) is 1.28. The molecule has 7 heteroatoms. The minimum Gasteiger partial charge on any atom is -0.393 e. The lowest BCUT2D eigenvalue weighted by Crippen LogP contribution is -2.19. The number of nitrogens with zero attached hydrogens (tertiary/aromatic N) is 4. The lowest BCUT2D eigenvalue weighted by atomic mass is 9.96. The van der Waals surface area contributed by atoms with Crippen LogP contribution in [-0.4, -0.2) is 26.1 Å². The fourth-order valence-corrected chi connectivity index (χ4v) is 1.97. The Bertz CT molecular complexity index is 588. The molecule has 2 aromatic heterocycles. The van der Waals surface area contributed by atoms with Crippen molar-refractivity contribution >= 4 is 23.1 Å². The molecule has 0 radical (unpaired) electrons. The van der Waals surface area contributed by atoms with Gasteiger partial charge in [-0.1, -0.05) is 32.4 Å². The SMILES string of the molecule is CC(C)(C)c1nc(Cl)c(N)c(NCCCn2ccnc2)n1. The molecule has 0 aliphatic heterocycles. The summed E-state index contributed by atoms with van der Waals surface area (Å²) in [6.07, 6.45) is 6.44. The molecule has 0 fully saturated rings. The van der Waals surface area contributed by atoms with E-state index in [1.54, 1.807) is 12.5 Å². The molecule has 21 heavy (non-hydrogen) atoms. The maximum Gasteiger partial charge on any atom is 0.157 e. The molecule has 0 amide bonds. The highest BCUT2D eigenvalue weighted by molar-refractivity contribution is 6.32. The maximum atomic E-state index is 6.09. The predicted octanol–water partition coefficient (Wildman–Crippen LogP) is 2.71. The fourth-order valence-electron chi connectivity index (χ4n) is 1.80. The molecule has 0 aliphatic carbocycles. The summed E-state index contributed by atoms with van der Waals surface area (Å²) in [6.45, 7) is 7.75. The highest BCUT2D eigenvalue weighted by Crippen LogP contribution is 2.28. The Labute approximate surface area is 129 Å². The molecule has 0 bridgehead atoms. The van der Waals surface area contributed by atoms with Gasteiger partial charge in [0, 0.05) is 30.9 Å². The zero-order valence-corrected chi connectivity index (χ0v) is 13.4. The molecule has 2 heterocycles. The summed E-state index contributed by atoms with van der Waals surface area (Å²) in [7, 11) is 0. The van der Waals surface area contributed by atoms with E-state index < -0.39 is 0 Å². The van der Waals surface area contributed by atoms with Gasteiger partial charge >= 0.3 is 0 Å². The van der Waals surface area contributed by atoms with Crippen LogP contribution in [0.1, 0.15) is 33.0 Å². The van der Waals surface area contributed by atoms with Gasteiger partial charge in [0.15, 0.2) is 11.0 Å². The first-order chi connectivity index (χ1) is 9.88. The first-order valence-corrected chi connectivity index (χ1v) is 7.29. The highest BCUT2D eigenvalue weighted by atomic mass is 35.5. The van der Waals surface area contributed by atoms with Gasteiger partial charge in [0.2, 0.25) is 0 Å². The van der Waals surface area contributed by atoms with Crippen LogP contribution in [0, 0.1) is 0 Å². The smallest absolute Gasteiger partial charge is 0.157 e. The molecule has 0 aromatic carbocycles. The molecule has 0 aliphatic rings. The molecule has 114 valence electrons. The van der Waals surface area contributed by atoms with Gasteiger partial charge in [0.1, 0.15) is 11.5 Å². The summed E-state index contributed by atoms with van der Waals surface area (Å²) in [5.41, 5.74) is 6.16. The molecular weight excluding hydrogens is 288 g/mol. The molecule has 0 saturated heterocycles. The van der Waals surface area contributed by atoms with Crippen LogP contribution in [0.3, 0.4) is 0 Å². The Hall–Kier alpha value is -1.82. The molecule has 6 nitrogen and oxygen atoms in total. The number of halogens is 1. The first kappa shape index (κ1) is 15.6. The quantitative estimate of drug-likeness (QED) is 0.655. The van der Waals surface area contributed by atoms with Crippen LogP contribution in [0.25, 0.3) is 0 Å². The van der Waals surface area contributed by atoms with Crippen molar-refractivity contribution < 1.29 is 0 Å². The number of imidazole rings is 1. The topological polar surface area (TPSA) is 81.6 Å². The summed E-state index contributed by atoms with van der Waals surface area (Å²) >= 11 is 6.09. The number of hydrogen-bond donors (Lipinski definition) is 2. The van der Waals surface area contributed by atoms with E-state index in [9.17, 15) is 0 Å². The summed E-state index contributed by atoms with van der Waals surface area (Å²) in [6, 6.07) is 0. The zero-order valence-electron chi connectivity index (χ0n) is 12.6. The number of aryl methyl sites for hydroxylation is 1. The number of anilines is 2. The highest BCUT2D eigenvalue weighted by Gasteiger charge is 2.20. The van der Waals surface area contributed by atoms with E-state index in [1.807, 2.05) is 31.5 Å². The van der Waals surface area contributed by atoms with Gasteiger partial charge in [-0.05, 0) is 6.42 Å². The number of nitrogens with one attached hydrogen (secondary N) is 1. The summed E-state index contributed by atoms with van der Waals surface area (Å²) in [5, 5.41) is 3.53. The standard InChI is InChI=1S/C14H21ClN6/c1-14(2,3)13-19-11(15)10(16)12(20-13)18-5-4-7-21-8-6-17-9-21/h6,8-9H,4-5,7,16H2,1-3H3,(H,18,19,20). The van der Waals surface area contributed by atoms with Crippen LogP contribution in [0.2, 0.25) is 5.15 Å². The van der Waals surface area contributed by atoms with Crippen molar-refractivity contribution in [1.29, 1.82) is 0 Å². The van der Waals surface area contributed by atoms with Gasteiger partial charge < -0.3 is 15.6 Å². The van der Waals surface area contributed by atoms with Gasteiger partial charge in [0.25, 0.3) is 0 Å². The van der Waals surface area contributed by atoms with Gasteiger partial charge in [-0.3, -0.25) is 0 Å². The van der Waals surface area contributed by atoms with E-state index in [1.165, 1.54) is 0 Å². The van der Waals surface area contributed by atoms with Crippen molar-refractivity contribution in [2.24, 2.45) is 0 Å². The van der Waals surface area contributed by atoms with Crippen LogP contribution in [-0.2, 0) is 12.0 Å². The Kier molecular flexibility index (Phi) is 4.67. The third-order valence-electron chi connectivity index (χ3n) is 3.01. The zero-order chi connectivity index (χ0) is 15.5. The van der Waals surface area contributed by atoms with E-state index in [0.29, 0.717) is 22.5 Å². The average molecular weight is 309 g/mol. The summed E-state index contributed by atoms with van der Waals surface area (Å²) in [4.78, 5) is 12.7. The lowest BCUT2D eigenvalue weighted by Gasteiger charge is -2.19. The van der Waals surface area contributed by atoms with Crippen molar-refractivity contribution in [3.8, 4) is 0 Å². The number of hydrogen-bond acceptors (Lipinski definition) is 5. The normalized spacial score (nSPS) is 11.6. The molecule has 3 N–H and O–H groups in total. The monoisotopic (exact) mass is 308 g/mol. The average Bonchev–Trinajstić information content (AvgIpc) is 2.91. The van der Waals surface area contributed by atoms with Gasteiger partial charge in [0.05, 0.1) is 6.33 Å². The van der Waals surface area contributed by atoms with Gasteiger partial charge in [-0.15, -0.1) is 0 Å². The number of nitrogens with two attached hydrogens (primary N) is 1. The lowest BCUT2D eigenvalue weighted by molar-refractivity contribution is 0.546.